The van der Waals surface area contributed by atoms with Crippen LogP contribution >= 0.6 is 0 Å². The summed E-state index contributed by atoms with van der Waals surface area (Å²) in [5.74, 6) is 1.77. The average molecular weight is 636 g/mol. The standard InChI is InChI=1S/C45H49NO2/c1-8-26-43(3,4)30-44(27-9-2)39-18-14-13-17-36(39)40-35-24-23-34(47-7)29-38(35)42-37(41(40)44)25-28-45(48-42,31-15-11-10-12-16-31)32-19-21-33(22-20-32)46(5)6/h10-25,28-29H,8-9,26-27,30H2,1-7H3. The van der Waals surface area contributed by atoms with E-state index < -0.39 is 5.60 Å². The third-order valence-corrected chi connectivity index (χ3v) is 10.8. The minimum atomic E-state index is -0.802. The number of fused-ring (bicyclic) bond motifs is 8. The molecule has 0 amide bonds. The third kappa shape index (κ3) is 5.02. The average Bonchev–Trinajstić information content (AvgIpc) is 3.37. The molecule has 0 N–H and O–H groups in total. The summed E-state index contributed by atoms with van der Waals surface area (Å²) < 4.78 is 13.5. The van der Waals surface area contributed by atoms with Gasteiger partial charge in [-0.3, -0.25) is 0 Å². The minimum Gasteiger partial charge on any atom is -0.497 e. The molecule has 2 unspecified atom stereocenters. The maximum atomic E-state index is 7.62. The Kier molecular flexibility index (Phi) is 8.14. The first-order valence-electron chi connectivity index (χ1n) is 17.7. The highest BCUT2D eigenvalue weighted by Crippen LogP contribution is 2.62. The van der Waals surface area contributed by atoms with Gasteiger partial charge in [-0.25, -0.2) is 0 Å². The Morgan fingerprint density at radius 2 is 1.50 bits per heavy atom. The van der Waals surface area contributed by atoms with Crippen LogP contribution in [0.5, 0.6) is 11.5 Å². The van der Waals surface area contributed by atoms with Crippen molar-refractivity contribution in [3.63, 3.8) is 0 Å². The van der Waals surface area contributed by atoms with Crippen LogP contribution in [-0.2, 0) is 11.0 Å². The summed E-state index contributed by atoms with van der Waals surface area (Å²) in [4.78, 5) is 2.14. The Labute approximate surface area is 287 Å². The SMILES string of the molecule is CCCC(C)(C)CC1(CCC)c2ccccc2-c2c1c1c(c3cc(OC)ccc23)OC(c2ccccc2)(c2ccc(N(C)C)cc2)C=C1. The highest BCUT2D eigenvalue weighted by Gasteiger charge is 2.49. The van der Waals surface area contributed by atoms with Gasteiger partial charge in [-0.15, -0.1) is 0 Å². The second-order valence-electron chi connectivity index (χ2n) is 14.9. The topological polar surface area (TPSA) is 21.7 Å². The lowest BCUT2D eigenvalue weighted by Crippen LogP contribution is -2.36. The van der Waals surface area contributed by atoms with Crippen LogP contribution in [0, 0.1) is 5.41 Å². The van der Waals surface area contributed by atoms with Crippen LogP contribution in [0.2, 0.25) is 0 Å². The summed E-state index contributed by atoms with van der Waals surface area (Å²) in [7, 11) is 5.91. The molecular formula is C45H49NO2. The van der Waals surface area contributed by atoms with Gasteiger partial charge in [-0.2, -0.15) is 0 Å². The van der Waals surface area contributed by atoms with Crippen LogP contribution in [0.25, 0.3) is 28.0 Å². The third-order valence-electron chi connectivity index (χ3n) is 10.8. The molecule has 2 atom stereocenters. The van der Waals surface area contributed by atoms with Crippen LogP contribution in [0.15, 0.2) is 103 Å². The van der Waals surface area contributed by atoms with Gasteiger partial charge in [0.1, 0.15) is 11.5 Å². The molecule has 5 aromatic carbocycles. The smallest absolute Gasteiger partial charge is 0.178 e. The lowest BCUT2D eigenvalue weighted by molar-refractivity contribution is 0.162. The second kappa shape index (κ2) is 12.2. The van der Waals surface area contributed by atoms with Gasteiger partial charge in [0.15, 0.2) is 5.60 Å². The summed E-state index contributed by atoms with van der Waals surface area (Å²) >= 11 is 0. The molecule has 0 radical (unpaired) electrons. The Hall–Kier alpha value is -4.50. The molecule has 1 aliphatic heterocycles. The molecule has 0 bridgehead atoms. The van der Waals surface area contributed by atoms with E-state index in [-0.39, 0.29) is 10.8 Å². The van der Waals surface area contributed by atoms with Gasteiger partial charge in [-0.1, -0.05) is 113 Å². The molecule has 3 heteroatoms. The Morgan fingerprint density at radius 1 is 0.792 bits per heavy atom. The van der Waals surface area contributed by atoms with Crippen molar-refractivity contribution >= 4 is 22.5 Å². The number of anilines is 1. The lowest BCUT2D eigenvalue weighted by atomic mass is 9.63. The van der Waals surface area contributed by atoms with Gasteiger partial charge in [0, 0.05) is 47.3 Å². The summed E-state index contributed by atoms with van der Waals surface area (Å²) in [5.41, 5.74) is 9.42. The number of hydrogen-bond donors (Lipinski definition) is 0. The van der Waals surface area contributed by atoms with E-state index in [1.54, 1.807) is 7.11 Å². The highest BCUT2D eigenvalue weighted by molar-refractivity contribution is 6.09. The number of rotatable bonds is 10. The highest BCUT2D eigenvalue weighted by atomic mass is 16.5. The molecular weight excluding hydrogens is 587 g/mol. The summed E-state index contributed by atoms with van der Waals surface area (Å²) in [6.07, 6.45) is 10.3. The van der Waals surface area contributed by atoms with Crippen molar-refractivity contribution in [3.8, 4) is 22.6 Å². The first kappa shape index (κ1) is 32.1. The van der Waals surface area contributed by atoms with E-state index in [1.165, 1.54) is 46.0 Å². The van der Waals surface area contributed by atoms with Crippen molar-refractivity contribution in [2.45, 2.75) is 70.8 Å². The molecule has 5 aromatic rings. The monoisotopic (exact) mass is 635 g/mol. The number of methoxy groups -OCH3 is 1. The van der Waals surface area contributed by atoms with Crippen molar-refractivity contribution < 1.29 is 9.47 Å². The molecule has 0 saturated heterocycles. The number of ether oxygens (including phenoxy) is 2. The molecule has 48 heavy (non-hydrogen) atoms. The zero-order valence-electron chi connectivity index (χ0n) is 29.7. The van der Waals surface area contributed by atoms with Crippen LogP contribution in [-0.4, -0.2) is 21.2 Å². The molecule has 1 heterocycles. The molecule has 0 aromatic heterocycles. The maximum Gasteiger partial charge on any atom is 0.178 e. The molecule has 0 saturated carbocycles. The Morgan fingerprint density at radius 3 is 2.19 bits per heavy atom. The number of nitrogens with zero attached hydrogens (tertiary/aromatic N) is 1. The molecule has 7 rings (SSSR count). The first-order chi connectivity index (χ1) is 23.2. The summed E-state index contributed by atoms with van der Waals surface area (Å²) in [5, 5.41) is 2.32. The molecule has 1 aliphatic carbocycles. The van der Waals surface area contributed by atoms with Crippen molar-refractivity contribution in [3.05, 3.63) is 131 Å². The fourth-order valence-corrected chi connectivity index (χ4v) is 8.99. The van der Waals surface area contributed by atoms with E-state index in [4.69, 9.17) is 9.47 Å². The van der Waals surface area contributed by atoms with Crippen LogP contribution in [0.4, 0.5) is 5.69 Å². The zero-order valence-corrected chi connectivity index (χ0v) is 29.7. The maximum absolute atomic E-state index is 7.62. The van der Waals surface area contributed by atoms with Crippen LogP contribution in [0.1, 0.15) is 87.6 Å². The Balaban J connectivity index is 1.57. The quantitative estimate of drug-likeness (QED) is 0.152. The largest absolute Gasteiger partial charge is 0.497 e. The van der Waals surface area contributed by atoms with Gasteiger partial charge < -0.3 is 14.4 Å². The fraction of sp³-hybridized carbons (Fsp3) is 0.333. The van der Waals surface area contributed by atoms with E-state index in [0.717, 1.165) is 53.0 Å². The number of hydrogen-bond acceptors (Lipinski definition) is 3. The molecule has 0 spiro atoms. The zero-order chi connectivity index (χ0) is 33.7. The van der Waals surface area contributed by atoms with Gasteiger partial charge in [0.2, 0.25) is 0 Å². The predicted octanol–water partition coefficient (Wildman–Crippen LogP) is 11.5. The van der Waals surface area contributed by atoms with E-state index in [9.17, 15) is 0 Å². The normalized spacial score (nSPS) is 19.4. The summed E-state index contributed by atoms with van der Waals surface area (Å²) in [6.45, 7) is 9.60. The van der Waals surface area contributed by atoms with Crippen LogP contribution < -0.4 is 14.4 Å². The molecule has 2 aliphatic rings. The predicted molar refractivity (Wildman–Crippen MR) is 203 cm³/mol. The van der Waals surface area contributed by atoms with E-state index >= 15 is 0 Å². The van der Waals surface area contributed by atoms with Gasteiger partial charge in [0.25, 0.3) is 0 Å². The minimum absolute atomic E-state index is 0.134. The number of benzene rings is 5. The van der Waals surface area contributed by atoms with E-state index in [0.29, 0.717) is 0 Å². The van der Waals surface area contributed by atoms with Gasteiger partial charge >= 0.3 is 0 Å². The van der Waals surface area contributed by atoms with Crippen molar-refractivity contribution in [2.75, 3.05) is 26.1 Å². The van der Waals surface area contributed by atoms with Crippen molar-refractivity contribution in [1.29, 1.82) is 0 Å². The van der Waals surface area contributed by atoms with Crippen LogP contribution in [0.3, 0.4) is 0 Å². The lowest BCUT2D eigenvalue weighted by Gasteiger charge is -2.42. The van der Waals surface area contributed by atoms with E-state index in [2.05, 4.69) is 156 Å². The van der Waals surface area contributed by atoms with Crippen molar-refractivity contribution in [1.82, 2.24) is 0 Å². The van der Waals surface area contributed by atoms with Gasteiger partial charge in [0.05, 0.1) is 7.11 Å². The molecule has 246 valence electrons. The second-order valence-corrected chi connectivity index (χ2v) is 14.9. The Bertz CT molecular complexity index is 1990. The molecule has 3 nitrogen and oxygen atoms in total. The first-order valence-corrected chi connectivity index (χ1v) is 17.7. The fourth-order valence-electron chi connectivity index (χ4n) is 8.99. The van der Waals surface area contributed by atoms with E-state index in [1.807, 2.05) is 0 Å². The summed E-state index contributed by atoms with van der Waals surface area (Å²) in [6, 6.07) is 35.3. The van der Waals surface area contributed by atoms with Gasteiger partial charge in [-0.05, 0) is 88.7 Å². The molecule has 0 fully saturated rings. The van der Waals surface area contributed by atoms with Crippen molar-refractivity contribution in [2.24, 2.45) is 5.41 Å².